The van der Waals surface area contributed by atoms with Crippen LogP contribution in [0.25, 0.3) is 10.9 Å². The maximum Gasteiger partial charge on any atom is 0.347 e. The Morgan fingerprint density at radius 2 is 2.05 bits per heavy atom. The van der Waals surface area contributed by atoms with Gasteiger partial charge in [0.05, 0.1) is 23.0 Å². The van der Waals surface area contributed by atoms with Crippen LogP contribution >= 0.6 is 11.6 Å². The van der Waals surface area contributed by atoms with Crippen LogP contribution in [0.4, 0.5) is 0 Å². The van der Waals surface area contributed by atoms with Crippen LogP contribution in [-0.4, -0.2) is 22.8 Å². The number of carbonyl (C=O) groups is 1. The van der Waals surface area contributed by atoms with Gasteiger partial charge in [-0.3, -0.25) is 4.79 Å². The van der Waals surface area contributed by atoms with Crippen molar-refractivity contribution in [3.8, 4) is 5.75 Å². The summed E-state index contributed by atoms with van der Waals surface area (Å²) in [5.41, 5.74) is 0.350. The Bertz CT molecular complexity index is 780. The molecule has 0 unspecified atom stereocenters. The molecular formula is C15H16ClNO4. The van der Waals surface area contributed by atoms with Crippen molar-refractivity contribution >= 4 is 28.5 Å². The van der Waals surface area contributed by atoms with E-state index in [9.17, 15) is 14.7 Å². The number of aromatic hydroxyl groups is 1. The molecule has 2 aromatic rings. The summed E-state index contributed by atoms with van der Waals surface area (Å²) in [5, 5.41) is 11.0. The average molecular weight is 310 g/mol. The number of aromatic nitrogens is 1. The quantitative estimate of drug-likeness (QED) is 0.885. The minimum absolute atomic E-state index is 0.304. The molecule has 1 aromatic carbocycles. The van der Waals surface area contributed by atoms with Crippen LogP contribution in [0.2, 0.25) is 5.02 Å². The predicted molar refractivity (Wildman–Crippen MR) is 81.3 cm³/mol. The van der Waals surface area contributed by atoms with Gasteiger partial charge in [0.1, 0.15) is 5.75 Å². The van der Waals surface area contributed by atoms with Gasteiger partial charge in [0, 0.05) is 6.54 Å². The molecule has 112 valence electrons. The Morgan fingerprint density at radius 1 is 1.38 bits per heavy atom. The van der Waals surface area contributed by atoms with Crippen molar-refractivity contribution in [2.24, 2.45) is 0 Å². The second kappa shape index (κ2) is 5.77. The first-order valence-corrected chi connectivity index (χ1v) is 7.00. The lowest BCUT2D eigenvalue weighted by Crippen LogP contribution is -2.27. The Balaban J connectivity index is 3.05. The predicted octanol–water partition coefficient (Wildman–Crippen LogP) is 2.73. The summed E-state index contributed by atoms with van der Waals surface area (Å²) in [6.07, 6.45) is 0.674. The number of ether oxygens (including phenoxy) is 1. The molecule has 0 aliphatic heterocycles. The molecule has 1 aromatic heterocycles. The highest BCUT2D eigenvalue weighted by molar-refractivity contribution is 6.37. The third kappa shape index (κ3) is 2.27. The van der Waals surface area contributed by atoms with E-state index in [4.69, 9.17) is 11.6 Å². The molecule has 0 aliphatic rings. The van der Waals surface area contributed by atoms with Crippen LogP contribution in [-0.2, 0) is 17.7 Å². The molecule has 0 bridgehead atoms. The summed E-state index contributed by atoms with van der Waals surface area (Å²) >= 11 is 6.32. The number of hydrogen-bond acceptors (Lipinski definition) is 4. The maximum atomic E-state index is 12.4. The SMILES string of the molecule is CCc1ccc2c(c(O)c(C(=O)OC)c(=O)n2CC)c1Cl. The van der Waals surface area contributed by atoms with Crippen LogP contribution in [0, 0.1) is 0 Å². The van der Waals surface area contributed by atoms with E-state index in [1.54, 1.807) is 13.0 Å². The van der Waals surface area contributed by atoms with E-state index in [1.807, 2.05) is 13.0 Å². The molecule has 0 spiro atoms. The molecule has 6 heteroatoms. The molecule has 5 nitrogen and oxygen atoms in total. The summed E-state index contributed by atoms with van der Waals surface area (Å²) < 4.78 is 5.98. The van der Waals surface area contributed by atoms with Crippen molar-refractivity contribution in [1.29, 1.82) is 0 Å². The van der Waals surface area contributed by atoms with E-state index in [0.29, 0.717) is 28.9 Å². The van der Waals surface area contributed by atoms with E-state index >= 15 is 0 Å². The molecular weight excluding hydrogens is 294 g/mol. The number of fused-ring (bicyclic) bond motifs is 1. The molecule has 0 atom stereocenters. The Morgan fingerprint density at radius 3 is 2.57 bits per heavy atom. The fourth-order valence-corrected chi connectivity index (χ4v) is 2.79. The molecule has 0 fully saturated rings. The number of hydrogen-bond donors (Lipinski definition) is 1. The highest BCUT2D eigenvalue weighted by atomic mass is 35.5. The van der Waals surface area contributed by atoms with E-state index in [1.165, 1.54) is 4.57 Å². The topological polar surface area (TPSA) is 68.5 Å². The first kappa shape index (κ1) is 15.4. The molecule has 0 amide bonds. The lowest BCUT2D eigenvalue weighted by Gasteiger charge is -2.15. The second-order valence-electron chi connectivity index (χ2n) is 4.55. The largest absolute Gasteiger partial charge is 0.506 e. The van der Waals surface area contributed by atoms with Crippen molar-refractivity contribution in [3.05, 3.63) is 38.6 Å². The first-order valence-electron chi connectivity index (χ1n) is 6.63. The van der Waals surface area contributed by atoms with Crippen LogP contribution < -0.4 is 5.56 Å². The lowest BCUT2D eigenvalue weighted by molar-refractivity contribution is 0.0595. The minimum Gasteiger partial charge on any atom is -0.506 e. The van der Waals surface area contributed by atoms with Gasteiger partial charge in [-0.15, -0.1) is 0 Å². The van der Waals surface area contributed by atoms with E-state index in [2.05, 4.69) is 4.74 Å². The summed E-state index contributed by atoms with van der Waals surface area (Å²) in [4.78, 5) is 24.2. The number of nitrogens with zero attached hydrogens (tertiary/aromatic N) is 1. The molecule has 0 aliphatic carbocycles. The number of rotatable bonds is 3. The number of pyridine rings is 1. The van der Waals surface area contributed by atoms with Gasteiger partial charge in [0.2, 0.25) is 0 Å². The molecule has 2 rings (SSSR count). The summed E-state index contributed by atoms with van der Waals surface area (Å²) in [6, 6.07) is 3.54. The molecule has 1 N–H and O–H groups in total. The molecule has 0 radical (unpaired) electrons. The Kier molecular flexibility index (Phi) is 4.23. The number of aryl methyl sites for hydroxylation is 2. The van der Waals surface area contributed by atoms with Gasteiger partial charge in [-0.2, -0.15) is 0 Å². The highest BCUT2D eigenvalue weighted by Crippen LogP contribution is 2.35. The Hall–Kier alpha value is -2.01. The normalized spacial score (nSPS) is 10.9. The van der Waals surface area contributed by atoms with Crippen molar-refractivity contribution in [3.63, 3.8) is 0 Å². The minimum atomic E-state index is -0.875. The third-order valence-electron chi connectivity index (χ3n) is 3.51. The molecule has 0 saturated carbocycles. The maximum absolute atomic E-state index is 12.4. The van der Waals surface area contributed by atoms with Gasteiger partial charge in [-0.25, -0.2) is 4.79 Å². The number of esters is 1. The molecule has 0 saturated heterocycles. The fraction of sp³-hybridized carbons (Fsp3) is 0.333. The zero-order chi connectivity index (χ0) is 15.7. The van der Waals surface area contributed by atoms with Gasteiger partial charge in [-0.1, -0.05) is 24.6 Å². The summed E-state index contributed by atoms with van der Waals surface area (Å²) in [6.45, 7) is 4.06. The monoisotopic (exact) mass is 309 g/mol. The number of halogens is 1. The zero-order valence-electron chi connectivity index (χ0n) is 12.1. The van der Waals surface area contributed by atoms with Crippen LogP contribution in [0.1, 0.15) is 29.8 Å². The van der Waals surface area contributed by atoms with Gasteiger partial charge in [-0.05, 0) is 25.0 Å². The van der Waals surface area contributed by atoms with Crippen LogP contribution in [0.15, 0.2) is 16.9 Å². The zero-order valence-corrected chi connectivity index (χ0v) is 12.8. The third-order valence-corrected chi connectivity index (χ3v) is 3.94. The standard InChI is InChI=1S/C15H16ClNO4/c1-4-8-6-7-9-10(12(8)16)13(18)11(15(20)21-3)14(19)17(9)5-2/h6-7,18H,4-5H2,1-3H3. The smallest absolute Gasteiger partial charge is 0.347 e. The van der Waals surface area contributed by atoms with Crippen molar-refractivity contribution in [1.82, 2.24) is 4.57 Å². The van der Waals surface area contributed by atoms with Gasteiger partial charge in [0.15, 0.2) is 5.56 Å². The number of methoxy groups -OCH3 is 1. The van der Waals surface area contributed by atoms with Crippen molar-refractivity contribution < 1.29 is 14.6 Å². The van der Waals surface area contributed by atoms with Crippen molar-refractivity contribution in [2.75, 3.05) is 7.11 Å². The second-order valence-corrected chi connectivity index (χ2v) is 4.93. The molecule has 1 heterocycles. The summed E-state index contributed by atoms with van der Waals surface area (Å²) in [7, 11) is 1.16. The Labute approximate surface area is 126 Å². The van der Waals surface area contributed by atoms with Gasteiger partial charge >= 0.3 is 5.97 Å². The molecule has 21 heavy (non-hydrogen) atoms. The van der Waals surface area contributed by atoms with E-state index < -0.39 is 17.3 Å². The number of carbonyl (C=O) groups excluding carboxylic acids is 1. The van der Waals surface area contributed by atoms with Gasteiger partial charge < -0.3 is 14.4 Å². The first-order chi connectivity index (χ1) is 9.97. The van der Waals surface area contributed by atoms with Crippen LogP contribution in [0.5, 0.6) is 5.75 Å². The van der Waals surface area contributed by atoms with Gasteiger partial charge in [0.25, 0.3) is 5.56 Å². The summed E-state index contributed by atoms with van der Waals surface area (Å²) in [5.74, 6) is -1.30. The van der Waals surface area contributed by atoms with Crippen LogP contribution in [0.3, 0.4) is 0 Å². The lowest BCUT2D eigenvalue weighted by atomic mass is 10.0. The van der Waals surface area contributed by atoms with Crippen molar-refractivity contribution in [2.45, 2.75) is 26.8 Å². The number of benzene rings is 1. The fourth-order valence-electron chi connectivity index (χ4n) is 2.40. The highest BCUT2D eigenvalue weighted by Gasteiger charge is 2.24. The van der Waals surface area contributed by atoms with E-state index in [-0.39, 0.29) is 5.56 Å². The average Bonchev–Trinajstić information content (AvgIpc) is 2.47. The van der Waals surface area contributed by atoms with E-state index in [0.717, 1.165) is 12.7 Å².